The van der Waals surface area contributed by atoms with Gasteiger partial charge < -0.3 is 24.5 Å². The highest BCUT2D eigenvalue weighted by Crippen LogP contribution is 2.27. The minimum atomic E-state index is -3.79. The Labute approximate surface area is 188 Å². The Morgan fingerprint density at radius 3 is 2.59 bits per heavy atom. The van der Waals surface area contributed by atoms with Crippen molar-refractivity contribution in [1.29, 1.82) is 0 Å². The number of benzene rings is 1. The smallest absolute Gasteiger partial charge is 0.325 e. The molecule has 2 heterocycles. The second-order valence-electron chi connectivity index (χ2n) is 6.53. The van der Waals surface area contributed by atoms with Crippen molar-refractivity contribution in [2.24, 2.45) is 0 Å². The van der Waals surface area contributed by atoms with E-state index in [1.165, 1.54) is 40.9 Å². The van der Waals surface area contributed by atoms with Crippen molar-refractivity contribution in [2.75, 3.05) is 44.8 Å². The molecule has 1 aliphatic rings. The van der Waals surface area contributed by atoms with Gasteiger partial charge in [-0.3, -0.25) is 14.4 Å². The lowest BCUT2D eigenvalue weighted by Crippen LogP contribution is -2.40. The van der Waals surface area contributed by atoms with E-state index in [9.17, 15) is 22.8 Å². The van der Waals surface area contributed by atoms with Gasteiger partial charge in [0.25, 0.3) is 11.8 Å². The van der Waals surface area contributed by atoms with Crippen molar-refractivity contribution >= 4 is 45.1 Å². The Morgan fingerprint density at radius 1 is 1.16 bits per heavy atom. The molecule has 2 N–H and O–H groups in total. The lowest BCUT2D eigenvalue weighted by atomic mass is 10.3. The van der Waals surface area contributed by atoms with Crippen LogP contribution in [0.2, 0.25) is 5.02 Å². The van der Waals surface area contributed by atoms with Crippen LogP contribution in [0.15, 0.2) is 45.9 Å². The number of rotatable bonds is 8. The van der Waals surface area contributed by atoms with Crippen LogP contribution in [0.25, 0.3) is 0 Å². The van der Waals surface area contributed by atoms with Gasteiger partial charge in [0.05, 0.1) is 35.1 Å². The SMILES string of the molecule is O=C(COC(=O)CNC(=O)c1ccco1)Nc1cc(S(=O)(=O)N2CCOCC2)ccc1Cl. The molecular formula is C19H20ClN3O8S. The highest BCUT2D eigenvalue weighted by molar-refractivity contribution is 7.89. The largest absolute Gasteiger partial charge is 0.459 e. The minimum absolute atomic E-state index is 0.0251. The first kappa shape index (κ1) is 23.7. The summed E-state index contributed by atoms with van der Waals surface area (Å²) < 4.78 is 41.7. The highest BCUT2D eigenvalue weighted by Gasteiger charge is 2.27. The van der Waals surface area contributed by atoms with Gasteiger partial charge in [-0.15, -0.1) is 0 Å². The number of anilines is 1. The molecule has 32 heavy (non-hydrogen) atoms. The number of hydrogen-bond donors (Lipinski definition) is 2. The normalized spacial score (nSPS) is 14.5. The van der Waals surface area contributed by atoms with E-state index in [1.54, 1.807) is 0 Å². The van der Waals surface area contributed by atoms with Gasteiger partial charge in [0.2, 0.25) is 10.0 Å². The lowest BCUT2D eigenvalue weighted by Gasteiger charge is -2.26. The molecule has 0 aliphatic carbocycles. The van der Waals surface area contributed by atoms with Gasteiger partial charge in [-0.05, 0) is 30.3 Å². The molecule has 3 rings (SSSR count). The minimum Gasteiger partial charge on any atom is -0.459 e. The summed E-state index contributed by atoms with van der Waals surface area (Å²) in [4.78, 5) is 35.5. The highest BCUT2D eigenvalue weighted by atomic mass is 35.5. The molecule has 0 bridgehead atoms. The number of carbonyl (C=O) groups excluding carboxylic acids is 3. The van der Waals surface area contributed by atoms with Crippen LogP contribution in [0.1, 0.15) is 10.6 Å². The fourth-order valence-electron chi connectivity index (χ4n) is 2.73. The predicted molar refractivity (Wildman–Crippen MR) is 112 cm³/mol. The van der Waals surface area contributed by atoms with Crippen molar-refractivity contribution in [1.82, 2.24) is 9.62 Å². The summed E-state index contributed by atoms with van der Waals surface area (Å²) in [6, 6.07) is 6.86. The maximum absolute atomic E-state index is 12.8. The topological polar surface area (TPSA) is 144 Å². The number of amides is 2. The van der Waals surface area contributed by atoms with Gasteiger partial charge in [-0.25, -0.2) is 8.42 Å². The van der Waals surface area contributed by atoms with Crippen molar-refractivity contribution < 1.29 is 36.7 Å². The number of furan rings is 1. The molecule has 1 aromatic carbocycles. The summed E-state index contributed by atoms with van der Waals surface area (Å²) in [6.45, 7) is -0.0985. The average molecular weight is 486 g/mol. The lowest BCUT2D eigenvalue weighted by molar-refractivity contribution is -0.146. The Bertz CT molecular complexity index is 1080. The summed E-state index contributed by atoms with van der Waals surface area (Å²) in [5.41, 5.74) is 0.0492. The number of nitrogens with one attached hydrogen (secondary N) is 2. The van der Waals surface area contributed by atoms with E-state index in [2.05, 4.69) is 10.6 Å². The average Bonchev–Trinajstić information content (AvgIpc) is 3.33. The molecule has 1 aliphatic heterocycles. The molecule has 1 aromatic heterocycles. The van der Waals surface area contributed by atoms with Crippen molar-refractivity contribution in [3.05, 3.63) is 47.4 Å². The molecule has 1 fully saturated rings. The quantitative estimate of drug-likeness (QED) is 0.524. The molecule has 0 atom stereocenters. The Balaban J connectivity index is 1.53. The maximum atomic E-state index is 12.8. The third-order valence-electron chi connectivity index (χ3n) is 4.32. The molecule has 13 heteroatoms. The number of sulfonamides is 1. The molecule has 172 valence electrons. The van der Waals surface area contributed by atoms with Gasteiger partial charge in [0.15, 0.2) is 12.4 Å². The van der Waals surface area contributed by atoms with Crippen molar-refractivity contribution in [3.8, 4) is 0 Å². The van der Waals surface area contributed by atoms with Crippen LogP contribution in [0, 0.1) is 0 Å². The summed E-state index contributed by atoms with van der Waals surface area (Å²) in [5, 5.41) is 4.80. The van der Waals surface area contributed by atoms with Crippen LogP contribution in [0.3, 0.4) is 0 Å². The van der Waals surface area contributed by atoms with Crippen LogP contribution in [0.5, 0.6) is 0 Å². The van der Waals surface area contributed by atoms with E-state index >= 15 is 0 Å². The summed E-state index contributed by atoms with van der Waals surface area (Å²) in [7, 11) is -3.79. The van der Waals surface area contributed by atoms with E-state index < -0.39 is 41.0 Å². The van der Waals surface area contributed by atoms with Crippen molar-refractivity contribution in [3.63, 3.8) is 0 Å². The first-order valence-corrected chi connectivity index (χ1v) is 11.2. The van der Waals surface area contributed by atoms with Gasteiger partial charge in [0.1, 0.15) is 6.54 Å². The molecule has 0 saturated carbocycles. The van der Waals surface area contributed by atoms with Crippen LogP contribution < -0.4 is 10.6 Å². The second-order valence-corrected chi connectivity index (χ2v) is 8.87. The van der Waals surface area contributed by atoms with E-state index in [-0.39, 0.29) is 34.5 Å². The maximum Gasteiger partial charge on any atom is 0.325 e. The van der Waals surface area contributed by atoms with Crippen molar-refractivity contribution in [2.45, 2.75) is 4.90 Å². The third-order valence-corrected chi connectivity index (χ3v) is 6.55. The van der Waals surface area contributed by atoms with Gasteiger partial charge in [-0.1, -0.05) is 11.6 Å². The van der Waals surface area contributed by atoms with E-state index in [0.717, 1.165) is 0 Å². The number of esters is 1. The third kappa shape index (κ3) is 6.07. The summed E-state index contributed by atoms with van der Waals surface area (Å²) >= 11 is 6.07. The number of morpholine rings is 1. The Morgan fingerprint density at radius 2 is 1.91 bits per heavy atom. The van der Waals surface area contributed by atoms with Crippen LogP contribution in [-0.2, 0) is 29.1 Å². The van der Waals surface area contributed by atoms with E-state index in [0.29, 0.717) is 13.2 Å². The molecule has 0 unspecified atom stereocenters. The fraction of sp³-hybridized carbons (Fsp3) is 0.316. The number of nitrogens with zero attached hydrogens (tertiary/aromatic N) is 1. The standard InChI is InChI=1S/C19H20ClN3O8S/c20-14-4-3-13(32(27,28)23-5-8-29-9-6-23)10-15(14)22-17(24)12-31-18(25)11-21-19(26)16-2-1-7-30-16/h1-4,7,10H,5-6,8-9,11-12H2,(H,21,26)(H,22,24). The summed E-state index contributed by atoms with van der Waals surface area (Å²) in [5.74, 6) is -2.17. The molecule has 0 spiro atoms. The number of halogens is 1. The molecular weight excluding hydrogens is 466 g/mol. The zero-order valence-electron chi connectivity index (χ0n) is 16.7. The molecule has 1 saturated heterocycles. The molecule has 11 nitrogen and oxygen atoms in total. The van der Waals surface area contributed by atoms with Crippen LogP contribution in [-0.4, -0.2) is 70.0 Å². The molecule has 2 amide bonds. The van der Waals surface area contributed by atoms with Gasteiger partial charge in [0, 0.05) is 13.1 Å². The number of hydrogen-bond acceptors (Lipinski definition) is 8. The van der Waals surface area contributed by atoms with E-state index in [1.807, 2.05) is 0 Å². The van der Waals surface area contributed by atoms with Gasteiger partial charge in [-0.2, -0.15) is 4.31 Å². The van der Waals surface area contributed by atoms with Crippen LogP contribution in [0.4, 0.5) is 5.69 Å². The second kappa shape index (κ2) is 10.6. The molecule has 0 radical (unpaired) electrons. The first-order valence-electron chi connectivity index (χ1n) is 9.42. The first-order chi connectivity index (χ1) is 15.3. The Kier molecular flexibility index (Phi) is 7.85. The summed E-state index contributed by atoms with van der Waals surface area (Å²) in [6.07, 6.45) is 1.31. The van der Waals surface area contributed by atoms with Gasteiger partial charge >= 0.3 is 5.97 Å². The fourth-order valence-corrected chi connectivity index (χ4v) is 4.33. The Hall–Kier alpha value is -2.93. The van der Waals surface area contributed by atoms with Crippen LogP contribution >= 0.6 is 11.6 Å². The zero-order valence-corrected chi connectivity index (χ0v) is 18.3. The number of carbonyl (C=O) groups is 3. The number of ether oxygens (including phenoxy) is 2. The zero-order chi connectivity index (χ0) is 23.1. The molecule has 2 aromatic rings. The van der Waals surface area contributed by atoms with E-state index in [4.69, 9.17) is 25.5 Å². The monoisotopic (exact) mass is 485 g/mol. The predicted octanol–water partition coefficient (Wildman–Crippen LogP) is 0.866.